The number of hydrogen-bond acceptors (Lipinski definition) is 5. The molecule has 1 heterocycles. The van der Waals surface area contributed by atoms with Crippen LogP contribution in [0.1, 0.15) is 57.2 Å². The third-order valence-corrected chi connectivity index (χ3v) is 5.88. The molecular weight excluding hydrogens is 442 g/mol. The normalized spacial score (nSPS) is 17.5. The van der Waals surface area contributed by atoms with Crippen molar-refractivity contribution in [3.05, 3.63) is 64.2 Å². The molecule has 1 saturated heterocycles. The summed E-state index contributed by atoms with van der Waals surface area (Å²) in [7, 11) is 0. The largest absolute Gasteiger partial charge is 0.507 e. The van der Waals surface area contributed by atoms with Crippen molar-refractivity contribution in [2.45, 2.75) is 46.1 Å². The van der Waals surface area contributed by atoms with E-state index < -0.39 is 17.7 Å². The molecule has 0 bridgehead atoms. The van der Waals surface area contributed by atoms with Crippen LogP contribution in [0.15, 0.2) is 48.0 Å². The minimum Gasteiger partial charge on any atom is -0.507 e. The molecule has 2 aromatic rings. The minimum atomic E-state index is -0.722. The highest BCUT2D eigenvalue weighted by molar-refractivity contribution is 6.47. The van der Waals surface area contributed by atoms with Gasteiger partial charge in [-0.15, -0.1) is 0 Å². The van der Waals surface area contributed by atoms with Gasteiger partial charge in [-0.25, -0.2) is 0 Å². The van der Waals surface area contributed by atoms with Crippen molar-refractivity contribution in [2.24, 2.45) is 0 Å². The van der Waals surface area contributed by atoms with Crippen molar-refractivity contribution >= 4 is 29.1 Å². The average Bonchev–Trinajstić information content (AvgIpc) is 3.06. The first-order chi connectivity index (χ1) is 15.9. The van der Waals surface area contributed by atoms with Crippen LogP contribution in [0.2, 0.25) is 5.02 Å². The van der Waals surface area contributed by atoms with Gasteiger partial charge < -0.3 is 19.5 Å². The lowest BCUT2D eigenvalue weighted by atomic mass is 9.95. The first kappa shape index (κ1) is 24.6. The quantitative estimate of drug-likeness (QED) is 0.206. The van der Waals surface area contributed by atoms with E-state index in [9.17, 15) is 14.7 Å². The summed E-state index contributed by atoms with van der Waals surface area (Å²) in [6.07, 6.45) is 2.68. The molecule has 0 aliphatic carbocycles. The number of benzene rings is 2. The molecule has 1 aliphatic heterocycles. The summed E-state index contributed by atoms with van der Waals surface area (Å²) in [5, 5.41) is 11.5. The van der Waals surface area contributed by atoms with Crippen LogP contribution in [0.5, 0.6) is 11.5 Å². The van der Waals surface area contributed by atoms with Gasteiger partial charge in [0.1, 0.15) is 17.3 Å². The number of ether oxygens (including phenoxy) is 2. The van der Waals surface area contributed by atoms with Crippen LogP contribution >= 0.6 is 11.6 Å². The molecule has 33 heavy (non-hydrogen) atoms. The minimum absolute atomic E-state index is 0.0243. The number of rotatable bonds is 10. The molecule has 0 spiro atoms. The molecule has 0 aromatic heterocycles. The Bertz CT molecular complexity index is 1030. The van der Waals surface area contributed by atoms with Gasteiger partial charge in [-0.05, 0) is 56.2 Å². The molecule has 1 atom stereocenters. The summed E-state index contributed by atoms with van der Waals surface area (Å²) < 4.78 is 11.1. The van der Waals surface area contributed by atoms with E-state index >= 15 is 0 Å². The third-order valence-electron chi connectivity index (χ3n) is 5.55. The first-order valence-electron chi connectivity index (χ1n) is 11.4. The van der Waals surface area contributed by atoms with Crippen molar-refractivity contribution in [1.82, 2.24) is 4.90 Å². The summed E-state index contributed by atoms with van der Waals surface area (Å²) in [6.45, 7) is 7.21. The highest BCUT2D eigenvalue weighted by atomic mass is 35.5. The molecule has 1 amide bonds. The lowest BCUT2D eigenvalue weighted by Gasteiger charge is -2.25. The standard InChI is InChI=1S/C26H30ClNO5/c1-4-7-8-15-28-23(17-9-11-18(12-10-17)32-5-2)22(25(30)26(28)31)24(29)20-16-19(33-6-3)13-14-21(20)27/h9-14,16,23,29H,4-8,15H2,1-3H3/b24-22+. The van der Waals surface area contributed by atoms with Crippen LogP contribution in [0.3, 0.4) is 0 Å². The number of ketones is 1. The maximum absolute atomic E-state index is 13.1. The molecule has 1 aliphatic rings. The van der Waals surface area contributed by atoms with Crippen molar-refractivity contribution < 1.29 is 24.2 Å². The van der Waals surface area contributed by atoms with Crippen LogP contribution in [-0.2, 0) is 9.59 Å². The molecule has 6 nitrogen and oxygen atoms in total. The number of halogens is 1. The molecule has 176 valence electrons. The van der Waals surface area contributed by atoms with Crippen LogP contribution < -0.4 is 9.47 Å². The summed E-state index contributed by atoms with van der Waals surface area (Å²) in [4.78, 5) is 27.7. The van der Waals surface area contributed by atoms with Gasteiger partial charge in [-0.3, -0.25) is 9.59 Å². The van der Waals surface area contributed by atoms with E-state index in [4.69, 9.17) is 21.1 Å². The highest BCUT2D eigenvalue weighted by Gasteiger charge is 2.46. The van der Waals surface area contributed by atoms with E-state index in [1.807, 2.05) is 26.0 Å². The second kappa shape index (κ2) is 11.2. The number of likely N-dealkylation sites (tertiary alicyclic amines) is 1. The van der Waals surface area contributed by atoms with Crippen LogP contribution in [0.4, 0.5) is 0 Å². The summed E-state index contributed by atoms with van der Waals surface area (Å²) in [6, 6.07) is 11.4. The Kier molecular flexibility index (Phi) is 8.39. The Labute approximate surface area is 199 Å². The number of Topliss-reactive ketones (excluding diaryl/α,β-unsaturated/α-hetero) is 1. The van der Waals surface area contributed by atoms with Crippen molar-refractivity contribution in [1.29, 1.82) is 0 Å². The highest BCUT2D eigenvalue weighted by Crippen LogP contribution is 2.41. The van der Waals surface area contributed by atoms with Crippen LogP contribution in [0.25, 0.3) is 5.76 Å². The van der Waals surface area contributed by atoms with Crippen molar-refractivity contribution in [3.63, 3.8) is 0 Å². The van der Waals surface area contributed by atoms with E-state index in [1.165, 1.54) is 0 Å². The zero-order chi connectivity index (χ0) is 24.0. The molecule has 0 saturated carbocycles. The molecule has 0 radical (unpaired) electrons. The maximum Gasteiger partial charge on any atom is 0.295 e. The van der Waals surface area contributed by atoms with E-state index in [1.54, 1.807) is 35.2 Å². The Morgan fingerprint density at radius 3 is 2.24 bits per heavy atom. The lowest BCUT2D eigenvalue weighted by Crippen LogP contribution is -2.30. The Hall–Kier alpha value is -2.99. The second-order valence-corrected chi connectivity index (χ2v) is 8.18. The number of hydrogen-bond donors (Lipinski definition) is 1. The average molecular weight is 472 g/mol. The number of carbonyl (C=O) groups excluding carboxylic acids is 2. The number of carbonyl (C=O) groups is 2. The number of nitrogens with zero attached hydrogens (tertiary/aromatic N) is 1. The number of aliphatic hydroxyl groups is 1. The van der Waals surface area contributed by atoms with Gasteiger partial charge in [0.15, 0.2) is 0 Å². The predicted molar refractivity (Wildman–Crippen MR) is 129 cm³/mol. The van der Waals surface area contributed by atoms with Gasteiger partial charge in [0.25, 0.3) is 11.7 Å². The third kappa shape index (κ3) is 5.33. The first-order valence-corrected chi connectivity index (χ1v) is 11.7. The zero-order valence-electron chi connectivity index (χ0n) is 19.3. The molecule has 1 fully saturated rings. The number of aliphatic hydroxyl groups excluding tert-OH is 1. The van der Waals surface area contributed by atoms with Gasteiger partial charge in [0.2, 0.25) is 0 Å². The monoisotopic (exact) mass is 471 g/mol. The SMILES string of the molecule is CCCCCN1C(=O)C(=O)/C(=C(/O)c2cc(OCC)ccc2Cl)C1c1ccc(OCC)cc1. The van der Waals surface area contributed by atoms with Gasteiger partial charge in [-0.2, -0.15) is 0 Å². The maximum atomic E-state index is 13.1. The van der Waals surface area contributed by atoms with Crippen molar-refractivity contribution in [2.75, 3.05) is 19.8 Å². The van der Waals surface area contributed by atoms with Gasteiger partial charge in [-0.1, -0.05) is 43.5 Å². The summed E-state index contributed by atoms with van der Waals surface area (Å²) in [5.74, 6) is -0.448. The fourth-order valence-corrected chi connectivity index (χ4v) is 4.20. The Morgan fingerprint density at radius 1 is 0.970 bits per heavy atom. The summed E-state index contributed by atoms with van der Waals surface area (Å²) >= 11 is 6.37. The van der Waals surface area contributed by atoms with Gasteiger partial charge >= 0.3 is 0 Å². The van der Waals surface area contributed by atoms with E-state index in [0.29, 0.717) is 36.8 Å². The second-order valence-electron chi connectivity index (χ2n) is 7.78. The zero-order valence-corrected chi connectivity index (χ0v) is 20.0. The molecule has 1 N–H and O–H groups in total. The molecular formula is C26H30ClNO5. The van der Waals surface area contributed by atoms with Gasteiger partial charge in [0, 0.05) is 12.1 Å². The number of amides is 1. The van der Waals surface area contributed by atoms with Crippen LogP contribution in [-0.4, -0.2) is 41.5 Å². The lowest BCUT2D eigenvalue weighted by molar-refractivity contribution is -0.139. The van der Waals surface area contributed by atoms with Crippen LogP contribution in [0, 0.1) is 0 Å². The fraction of sp³-hybridized carbons (Fsp3) is 0.385. The smallest absolute Gasteiger partial charge is 0.295 e. The Morgan fingerprint density at radius 2 is 1.61 bits per heavy atom. The molecule has 3 rings (SSSR count). The fourth-order valence-electron chi connectivity index (χ4n) is 3.99. The molecule has 7 heteroatoms. The van der Waals surface area contributed by atoms with E-state index in [0.717, 1.165) is 19.3 Å². The van der Waals surface area contributed by atoms with E-state index in [2.05, 4.69) is 6.92 Å². The Balaban J connectivity index is 2.13. The molecule has 1 unspecified atom stereocenters. The summed E-state index contributed by atoms with van der Waals surface area (Å²) in [5.41, 5.74) is 0.995. The molecule has 2 aromatic carbocycles. The van der Waals surface area contributed by atoms with Crippen molar-refractivity contribution in [3.8, 4) is 11.5 Å². The van der Waals surface area contributed by atoms with E-state index in [-0.39, 0.29) is 21.9 Å². The number of unbranched alkanes of at least 4 members (excludes halogenated alkanes) is 2. The predicted octanol–water partition coefficient (Wildman–Crippen LogP) is 5.75. The topological polar surface area (TPSA) is 76.1 Å². The van der Waals surface area contributed by atoms with Gasteiger partial charge in [0.05, 0.1) is 29.9 Å².